The number of rotatable bonds is 8. The second-order valence-electron chi connectivity index (χ2n) is 24.5. The van der Waals surface area contributed by atoms with Crippen molar-refractivity contribution >= 4 is 91.4 Å². The number of nitrogens with one attached hydrogen (secondary N) is 4. The van der Waals surface area contributed by atoms with Gasteiger partial charge in [0, 0.05) is 49.3 Å². The van der Waals surface area contributed by atoms with Crippen LogP contribution in [0, 0.1) is 32.6 Å². The minimum atomic E-state index is -0.390. The fourth-order valence-electron chi connectivity index (χ4n) is 13.8. The van der Waals surface area contributed by atoms with E-state index in [0.717, 1.165) is 132 Å². The van der Waals surface area contributed by atoms with Crippen LogP contribution >= 0.6 is 15.9 Å². The Morgan fingerprint density at radius 1 is 0.466 bits per heavy atom. The van der Waals surface area contributed by atoms with Crippen molar-refractivity contribution in [1.29, 1.82) is 0 Å². The van der Waals surface area contributed by atoms with E-state index in [-0.39, 0.29) is 131 Å². The molecule has 0 saturated heterocycles. The molecule has 0 radical (unpaired) electrons. The number of nitrogens with two attached hydrogens (primary N) is 2. The number of nitrogen functional groups attached to an aromatic ring is 2. The van der Waals surface area contributed by atoms with Crippen LogP contribution in [0.2, 0.25) is 0 Å². The number of carbonyl (C=O) groups is 5. The molecule has 0 atom stereocenters. The fraction of sp³-hybridized carbons (Fsp3) is 0.484. The van der Waals surface area contributed by atoms with E-state index in [4.69, 9.17) is 11.5 Å². The largest absolute Gasteiger partial charge is 1.00 e. The first-order chi connectivity index (χ1) is 41.3. The normalized spacial score (nSPS) is 18.5. The molecule has 24 nitrogen and oxygen atoms in total. The molecule has 6 aromatic heterocycles. The minimum absolute atomic E-state index is 0. The summed E-state index contributed by atoms with van der Waals surface area (Å²) in [7, 11) is 0. The van der Waals surface area contributed by atoms with Gasteiger partial charge in [0.05, 0.1) is 38.2 Å². The Morgan fingerprint density at radius 2 is 0.784 bits per heavy atom. The van der Waals surface area contributed by atoms with Crippen LogP contribution in [0.5, 0.6) is 0 Å². The van der Waals surface area contributed by atoms with Gasteiger partial charge in [-0.05, 0) is 136 Å². The van der Waals surface area contributed by atoms with Gasteiger partial charge in [0.1, 0.15) is 65.3 Å². The maximum Gasteiger partial charge on any atom is 1.00 e. The fourth-order valence-corrected chi connectivity index (χ4v) is 14.3. The maximum atomic E-state index is 13.4. The minimum Gasteiger partial charge on any atom is -0.870 e. The van der Waals surface area contributed by atoms with Gasteiger partial charge in [-0.15, -0.1) is 0 Å². The maximum absolute atomic E-state index is 13.4. The number of pyridine rings is 3. The Kier molecular flexibility index (Phi) is 20.3. The molecule has 0 bridgehead atoms. The molecule has 88 heavy (non-hydrogen) atoms. The summed E-state index contributed by atoms with van der Waals surface area (Å²) < 4.78 is 5.89. The van der Waals surface area contributed by atoms with Crippen LogP contribution < -0.4 is 101 Å². The van der Waals surface area contributed by atoms with Gasteiger partial charge < -0.3 is 38.2 Å². The van der Waals surface area contributed by atoms with Gasteiger partial charge in [-0.3, -0.25) is 52.1 Å². The first-order valence-corrected chi connectivity index (χ1v) is 30.8. The van der Waals surface area contributed by atoms with Crippen molar-refractivity contribution in [3.63, 3.8) is 0 Å². The van der Waals surface area contributed by atoms with Gasteiger partial charge in [0.15, 0.2) is 17.3 Å². The molecule has 5 fully saturated rings. The molecular weight excluding hydrogens is 1220 g/mol. The summed E-state index contributed by atoms with van der Waals surface area (Å²) in [5.41, 5.74) is 14.8. The van der Waals surface area contributed by atoms with Crippen molar-refractivity contribution in [2.24, 2.45) is 11.8 Å². The smallest absolute Gasteiger partial charge is 0.870 e. The molecule has 5 aliphatic carbocycles. The number of hydrogen-bond acceptors (Lipinski definition) is 19. The van der Waals surface area contributed by atoms with E-state index < -0.39 is 0 Å². The van der Waals surface area contributed by atoms with E-state index in [1.54, 1.807) is 50.1 Å². The third-order valence-electron chi connectivity index (χ3n) is 18.1. The summed E-state index contributed by atoms with van der Waals surface area (Å²) in [5, 5.41) is 11.6. The van der Waals surface area contributed by atoms with E-state index in [1.807, 2.05) is 20.8 Å². The van der Waals surface area contributed by atoms with E-state index in [0.29, 0.717) is 87.1 Å². The molecule has 2 amide bonds. The van der Waals surface area contributed by atoms with Crippen molar-refractivity contribution in [3.05, 3.63) is 125 Å². The average molecular weight is 1290 g/mol. The van der Waals surface area contributed by atoms with Crippen molar-refractivity contribution in [2.75, 3.05) is 32.7 Å². The Balaban J connectivity index is 0.000000144. The van der Waals surface area contributed by atoms with Gasteiger partial charge in [0.25, 0.3) is 16.7 Å². The van der Waals surface area contributed by atoms with Crippen LogP contribution in [0.3, 0.4) is 0 Å². The first kappa shape index (κ1) is 65.8. The van der Waals surface area contributed by atoms with E-state index in [2.05, 4.69) is 67.1 Å². The predicted molar refractivity (Wildman–Crippen MR) is 330 cm³/mol. The summed E-state index contributed by atoms with van der Waals surface area (Å²) in [6.07, 6.45) is 24.5. The second kappa shape index (κ2) is 27.2. The van der Waals surface area contributed by atoms with Gasteiger partial charge in [-0.1, -0.05) is 57.8 Å². The predicted octanol–water partition coefficient (Wildman–Crippen LogP) is 6.20. The van der Waals surface area contributed by atoms with E-state index in [1.165, 1.54) is 25.4 Å². The summed E-state index contributed by atoms with van der Waals surface area (Å²) >= 11 is 3.32. The zero-order valence-electron chi connectivity index (χ0n) is 50.2. The number of Topliss-reactive ketones (excluding diaryl/α,β-unsaturated/α-hetero) is 3. The van der Waals surface area contributed by atoms with Gasteiger partial charge >= 0.3 is 51.4 Å². The van der Waals surface area contributed by atoms with Crippen LogP contribution in [-0.4, -0.2) is 78.2 Å². The Labute approximate surface area is 559 Å². The molecule has 14 rings (SSSR count). The van der Waals surface area contributed by atoms with Crippen molar-refractivity contribution in [2.45, 2.75) is 179 Å². The number of ketones is 3. The topological polar surface area (TPSA) is 359 Å². The van der Waals surface area contributed by atoms with Gasteiger partial charge in [0.2, 0.25) is 11.8 Å². The Morgan fingerprint density at radius 3 is 1.16 bits per heavy atom. The Bertz CT molecular complexity index is 3900. The number of halogens is 1. The zero-order chi connectivity index (χ0) is 60.7. The van der Waals surface area contributed by atoms with Gasteiger partial charge in [-0.2, -0.15) is 0 Å². The standard InChI is InChI=1S/C22H25N5O3.C18H21N5O2.C14H16BrNO2.C8H10N4O.K.H2O/c1-13-9-15(25-17-10-18(24-12-23-17)26-20(29)14-5-6-14)21(30)27-19(13)16(28)11-22(27)7-3-2-4-8-22;1-11-7-12(22-15-8-14(19)20-10-21-15)17(25)23-16(11)13(24)9-18(23)5-3-2-4-6-18;1-9-7-10(15)13(18)16-12(9)11(17)8-14(16)5-3-2-4-6-14;9-6-3-7(11-4-10-6)12-8(13)5-1-2-5;;/h9-10,12,14H,2-8,11H2,1H3,(H2,23,24,25,26,29);7-8,10H,2-6,9H2,1H3,(H3,19,20,21,22);7H,2-6,8H2,1H3;3-5H,1-2H2,(H3,9,10,11,12,13);;1H2/q;;;;+1;/p-1. The second-order valence-corrected chi connectivity index (χ2v) is 25.4. The molecule has 458 valence electrons. The molecule has 5 saturated carbocycles. The zero-order valence-corrected chi connectivity index (χ0v) is 54.9. The molecular formula is C62H73BrKN15O9. The number of aryl methyl sites for hydroxylation is 3. The number of amides is 2. The van der Waals surface area contributed by atoms with Crippen LogP contribution in [0.25, 0.3) is 0 Å². The summed E-state index contributed by atoms with van der Waals surface area (Å²) in [5.74, 6) is 2.98. The molecule has 8 aliphatic rings. The van der Waals surface area contributed by atoms with Crippen molar-refractivity contribution in [3.8, 4) is 0 Å². The molecule has 26 heteroatoms. The van der Waals surface area contributed by atoms with Gasteiger partial charge in [-0.25, -0.2) is 29.9 Å². The average Bonchev–Trinajstić information content (AvgIpc) is 1.64. The van der Waals surface area contributed by atoms with Crippen LogP contribution in [0.1, 0.15) is 189 Å². The summed E-state index contributed by atoms with van der Waals surface area (Å²) in [4.78, 5) is 124. The number of aromatic nitrogens is 9. The van der Waals surface area contributed by atoms with Crippen LogP contribution in [-0.2, 0) is 26.2 Å². The number of anilines is 8. The molecule has 3 spiro atoms. The monoisotopic (exact) mass is 1290 g/mol. The van der Waals surface area contributed by atoms with Crippen LogP contribution in [0.4, 0.5) is 46.3 Å². The molecule has 6 aromatic rings. The molecule has 0 aromatic carbocycles. The number of fused-ring (bicyclic) bond motifs is 6. The summed E-state index contributed by atoms with van der Waals surface area (Å²) in [6, 6.07) is 9.96. The number of hydrogen-bond donors (Lipinski definition) is 6. The Hall–Kier alpha value is -6.68. The SMILES string of the molecule is Cc1cc(Br)c(=O)n2c1C(=O)CC21CCCCC1.Cc1cc(Nc2cc(N)ncn2)c(=O)n2c1C(=O)CC21CCCCC1.Cc1cc(Nc2cc(NC(=O)C3CC3)ncn2)c(=O)n2c1C(=O)CC21CCCCC1.Nc1cc(NC(=O)C2CC2)ncn1.[K+].[OH-]. The number of nitrogens with zero attached hydrogens (tertiary/aromatic N) is 9. The van der Waals surface area contributed by atoms with Crippen molar-refractivity contribution in [1.82, 2.24) is 43.6 Å². The van der Waals surface area contributed by atoms with E-state index >= 15 is 0 Å². The molecule has 3 aliphatic heterocycles. The molecule has 0 unspecified atom stereocenters. The molecule has 9 heterocycles. The summed E-state index contributed by atoms with van der Waals surface area (Å²) in [6.45, 7) is 5.66. The van der Waals surface area contributed by atoms with Crippen LogP contribution in [0.15, 0.2) is 74.2 Å². The van der Waals surface area contributed by atoms with Crippen molar-refractivity contribution < 1.29 is 80.8 Å². The quantitative estimate of drug-likeness (QED) is 0.0923. The third-order valence-corrected chi connectivity index (χ3v) is 18.7. The third kappa shape index (κ3) is 13.7. The molecule has 9 N–H and O–H groups in total. The number of carbonyl (C=O) groups excluding carboxylic acids is 5. The first-order valence-electron chi connectivity index (χ1n) is 30.0. The van der Waals surface area contributed by atoms with E-state index in [9.17, 15) is 38.4 Å².